The maximum absolute atomic E-state index is 11.8. The Bertz CT molecular complexity index is 570. The first-order valence-electron chi connectivity index (χ1n) is 5.49. The molecule has 0 saturated carbocycles. The van der Waals surface area contributed by atoms with Gasteiger partial charge in [0.25, 0.3) is 0 Å². The first kappa shape index (κ1) is 12.4. The van der Waals surface area contributed by atoms with Crippen LogP contribution in [0.5, 0.6) is 0 Å². The van der Waals surface area contributed by atoms with Gasteiger partial charge in [0.05, 0.1) is 0 Å². The van der Waals surface area contributed by atoms with Gasteiger partial charge in [0.1, 0.15) is 0 Å². The van der Waals surface area contributed by atoms with Crippen LogP contribution >= 0.6 is 11.6 Å². The fourth-order valence-corrected chi connectivity index (χ4v) is 1.62. The molecular formula is C15H12ClNO. The van der Waals surface area contributed by atoms with Gasteiger partial charge < -0.3 is 5.73 Å². The zero-order valence-electron chi connectivity index (χ0n) is 9.64. The van der Waals surface area contributed by atoms with Crippen LogP contribution in [0.1, 0.15) is 15.9 Å². The van der Waals surface area contributed by atoms with Crippen LogP contribution in [0.15, 0.2) is 54.6 Å². The molecule has 0 aliphatic heterocycles. The maximum Gasteiger partial charge on any atom is 0.185 e. The number of hydrogen-bond acceptors (Lipinski definition) is 2. The number of allylic oxidation sites excluding steroid dienone is 1. The van der Waals surface area contributed by atoms with E-state index in [4.69, 9.17) is 17.3 Å². The van der Waals surface area contributed by atoms with Gasteiger partial charge >= 0.3 is 0 Å². The Morgan fingerprint density at radius 2 is 1.61 bits per heavy atom. The van der Waals surface area contributed by atoms with Crippen molar-refractivity contribution in [3.05, 3.63) is 70.8 Å². The quantitative estimate of drug-likeness (QED) is 0.516. The minimum Gasteiger partial charge on any atom is -0.399 e. The fourth-order valence-electron chi connectivity index (χ4n) is 1.49. The molecule has 0 aliphatic carbocycles. The number of anilines is 1. The molecule has 0 fully saturated rings. The molecule has 90 valence electrons. The number of nitrogens with two attached hydrogens (primary N) is 1. The van der Waals surface area contributed by atoms with Crippen LogP contribution in [0.25, 0.3) is 6.08 Å². The molecule has 0 amide bonds. The van der Waals surface area contributed by atoms with Crippen molar-refractivity contribution >= 4 is 29.1 Å². The van der Waals surface area contributed by atoms with Gasteiger partial charge in [-0.3, -0.25) is 4.79 Å². The summed E-state index contributed by atoms with van der Waals surface area (Å²) in [6.45, 7) is 0. The van der Waals surface area contributed by atoms with Gasteiger partial charge in [-0.25, -0.2) is 0 Å². The minimum absolute atomic E-state index is 0.0510. The van der Waals surface area contributed by atoms with E-state index in [0.717, 1.165) is 5.56 Å². The van der Waals surface area contributed by atoms with E-state index in [-0.39, 0.29) is 5.78 Å². The second-order valence-corrected chi connectivity index (χ2v) is 4.31. The SMILES string of the molecule is Nc1ccc(C(=O)/C=C/c2ccc(Cl)cc2)cc1. The third kappa shape index (κ3) is 3.22. The number of hydrogen-bond donors (Lipinski definition) is 1. The largest absolute Gasteiger partial charge is 0.399 e. The van der Waals surface area contributed by atoms with Crippen LogP contribution in [0.4, 0.5) is 5.69 Å². The highest BCUT2D eigenvalue weighted by Crippen LogP contribution is 2.12. The highest BCUT2D eigenvalue weighted by Gasteiger charge is 2.00. The van der Waals surface area contributed by atoms with Gasteiger partial charge in [0.2, 0.25) is 0 Å². The van der Waals surface area contributed by atoms with Gasteiger partial charge in [-0.15, -0.1) is 0 Å². The zero-order chi connectivity index (χ0) is 13.0. The Kier molecular flexibility index (Phi) is 3.80. The number of benzene rings is 2. The lowest BCUT2D eigenvalue weighted by Crippen LogP contribution is -1.94. The van der Waals surface area contributed by atoms with Crippen molar-refractivity contribution in [2.24, 2.45) is 0 Å². The molecule has 2 rings (SSSR count). The molecule has 0 atom stereocenters. The van der Waals surface area contributed by atoms with Crippen LogP contribution < -0.4 is 5.73 Å². The molecule has 0 bridgehead atoms. The molecule has 0 aliphatic rings. The molecular weight excluding hydrogens is 246 g/mol. The number of rotatable bonds is 3. The molecule has 0 heterocycles. The van der Waals surface area contributed by atoms with Gasteiger partial charge in [-0.2, -0.15) is 0 Å². The number of carbonyl (C=O) groups is 1. The van der Waals surface area contributed by atoms with Crippen LogP contribution in [0.2, 0.25) is 5.02 Å². The van der Waals surface area contributed by atoms with Crippen molar-refractivity contribution in [3.63, 3.8) is 0 Å². The Labute approximate surface area is 111 Å². The minimum atomic E-state index is -0.0510. The van der Waals surface area contributed by atoms with Gasteiger partial charge in [-0.1, -0.05) is 29.8 Å². The second kappa shape index (κ2) is 5.52. The summed E-state index contributed by atoms with van der Waals surface area (Å²) in [4.78, 5) is 11.8. The first-order valence-corrected chi connectivity index (χ1v) is 5.86. The van der Waals surface area contributed by atoms with Crippen molar-refractivity contribution in [1.29, 1.82) is 0 Å². The molecule has 18 heavy (non-hydrogen) atoms. The van der Waals surface area contributed by atoms with E-state index < -0.39 is 0 Å². The summed E-state index contributed by atoms with van der Waals surface area (Å²) in [6.07, 6.45) is 3.30. The van der Waals surface area contributed by atoms with Crippen molar-refractivity contribution in [3.8, 4) is 0 Å². The maximum atomic E-state index is 11.8. The summed E-state index contributed by atoms with van der Waals surface area (Å²) >= 11 is 5.78. The Morgan fingerprint density at radius 3 is 2.22 bits per heavy atom. The summed E-state index contributed by atoms with van der Waals surface area (Å²) in [5.74, 6) is -0.0510. The smallest absolute Gasteiger partial charge is 0.185 e. The third-order valence-electron chi connectivity index (χ3n) is 2.49. The van der Waals surface area contributed by atoms with Gasteiger partial charge in [0, 0.05) is 16.3 Å². The van der Waals surface area contributed by atoms with E-state index in [1.807, 2.05) is 12.1 Å². The summed E-state index contributed by atoms with van der Waals surface area (Å²) < 4.78 is 0. The average Bonchev–Trinajstić information content (AvgIpc) is 2.38. The van der Waals surface area contributed by atoms with Gasteiger partial charge in [0.15, 0.2) is 5.78 Å². The predicted molar refractivity (Wildman–Crippen MR) is 75.7 cm³/mol. The van der Waals surface area contributed by atoms with E-state index in [9.17, 15) is 4.79 Å². The lowest BCUT2D eigenvalue weighted by atomic mass is 10.1. The molecule has 2 aromatic rings. The average molecular weight is 258 g/mol. The van der Waals surface area contributed by atoms with Crippen LogP contribution in [0, 0.1) is 0 Å². The highest BCUT2D eigenvalue weighted by molar-refractivity contribution is 6.30. The summed E-state index contributed by atoms with van der Waals surface area (Å²) in [7, 11) is 0. The molecule has 0 radical (unpaired) electrons. The molecule has 0 spiro atoms. The second-order valence-electron chi connectivity index (χ2n) is 3.87. The highest BCUT2D eigenvalue weighted by atomic mass is 35.5. The first-order chi connectivity index (χ1) is 8.65. The normalized spacial score (nSPS) is 10.7. The monoisotopic (exact) mass is 257 g/mol. The van der Waals surface area contributed by atoms with E-state index in [1.165, 1.54) is 6.08 Å². The molecule has 0 aromatic heterocycles. The van der Waals surface area contributed by atoms with Crippen LogP contribution in [0.3, 0.4) is 0 Å². The summed E-state index contributed by atoms with van der Waals surface area (Å²) in [5, 5.41) is 0.678. The van der Waals surface area contributed by atoms with Crippen molar-refractivity contribution in [1.82, 2.24) is 0 Å². The lowest BCUT2D eigenvalue weighted by molar-refractivity contribution is 0.104. The van der Waals surface area contributed by atoms with Crippen LogP contribution in [-0.4, -0.2) is 5.78 Å². The van der Waals surface area contributed by atoms with Crippen molar-refractivity contribution < 1.29 is 4.79 Å². The van der Waals surface area contributed by atoms with Crippen LogP contribution in [-0.2, 0) is 0 Å². The number of halogens is 1. The standard InChI is InChI=1S/C15H12ClNO/c16-13-6-1-11(2-7-13)3-10-15(18)12-4-8-14(17)9-5-12/h1-10H,17H2/b10-3+. The lowest BCUT2D eigenvalue weighted by Gasteiger charge is -1.97. The van der Waals surface area contributed by atoms with E-state index in [2.05, 4.69) is 0 Å². The number of carbonyl (C=O) groups excluding carboxylic acids is 1. The third-order valence-corrected chi connectivity index (χ3v) is 2.74. The molecule has 0 unspecified atom stereocenters. The fraction of sp³-hybridized carbons (Fsp3) is 0. The Morgan fingerprint density at radius 1 is 1.00 bits per heavy atom. The number of nitrogen functional groups attached to an aromatic ring is 1. The van der Waals surface area contributed by atoms with Crippen molar-refractivity contribution in [2.75, 3.05) is 5.73 Å². The molecule has 2 N–H and O–H groups in total. The Hall–Kier alpha value is -2.06. The van der Waals surface area contributed by atoms with E-state index >= 15 is 0 Å². The molecule has 0 saturated heterocycles. The number of ketones is 1. The zero-order valence-corrected chi connectivity index (χ0v) is 10.4. The molecule has 2 nitrogen and oxygen atoms in total. The van der Waals surface area contributed by atoms with E-state index in [1.54, 1.807) is 42.5 Å². The summed E-state index contributed by atoms with van der Waals surface area (Å²) in [6, 6.07) is 14.1. The van der Waals surface area contributed by atoms with Gasteiger partial charge in [-0.05, 0) is 48.0 Å². The Balaban J connectivity index is 2.11. The topological polar surface area (TPSA) is 43.1 Å². The molecule has 2 aromatic carbocycles. The summed E-state index contributed by atoms with van der Waals surface area (Å²) in [5.41, 5.74) is 7.76. The predicted octanol–water partition coefficient (Wildman–Crippen LogP) is 3.82. The van der Waals surface area contributed by atoms with Crippen molar-refractivity contribution in [2.45, 2.75) is 0 Å². The molecule has 3 heteroatoms. The van der Waals surface area contributed by atoms with E-state index in [0.29, 0.717) is 16.3 Å².